The second-order valence-electron chi connectivity index (χ2n) is 6.16. The van der Waals surface area contributed by atoms with Gasteiger partial charge in [0.15, 0.2) is 0 Å². The minimum absolute atomic E-state index is 0.0300. The smallest absolute Gasteiger partial charge is 0.251 e. The van der Waals surface area contributed by atoms with Crippen LogP contribution in [0.1, 0.15) is 23.0 Å². The number of thiazole rings is 1. The molecule has 1 aromatic carbocycles. The summed E-state index contributed by atoms with van der Waals surface area (Å²) in [6.07, 6.45) is 0. The Bertz CT molecular complexity index is 678. The summed E-state index contributed by atoms with van der Waals surface area (Å²) in [7, 11) is 0. The van der Waals surface area contributed by atoms with Gasteiger partial charge >= 0.3 is 0 Å². The largest absolute Gasteiger partial charge is 0.379 e. The van der Waals surface area contributed by atoms with E-state index < -0.39 is 0 Å². The monoisotopic (exact) mass is 345 g/mol. The Hall–Kier alpha value is -1.76. The summed E-state index contributed by atoms with van der Waals surface area (Å²) in [6, 6.07) is 7.75. The molecule has 128 valence electrons. The molecule has 1 saturated heterocycles. The number of benzene rings is 1. The maximum atomic E-state index is 12.4. The first kappa shape index (κ1) is 17.1. The predicted octanol–water partition coefficient (Wildman–Crippen LogP) is 2.57. The number of aryl methyl sites for hydroxylation is 1. The van der Waals surface area contributed by atoms with Crippen LogP contribution in [-0.2, 0) is 4.74 Å². The zero-order valence-electron chi connectivity index (χ0n) is 14.1. The SMILES string of the molecule is Cc1csc(-c2ccc(C(=O)NC(C)CN3CCOCC3)cc2)n1. The summed E-state index contributed by atoms with van der Waals surface area (Å²) in [5, 5.41) is 6.09. The quantitative estimate of drug-likeness (QED) is 0.905. The normalized spacial score (nSPS) is 16.8. The molecule has 1 aromatic heterocycles. The third kappa shape index (κ3) is 4.41. The molecule has 1 aliphatic rings. The van der Waals surface area contributed by atoms with Gasteiger partial charge in [0, 0.05) is 47.9 Å². The summed E-state index contributed by atoms with van der Waals surface area (Å²) in [4.78, 5) is 19.2. The highest BCUT2D eigenvalue weighted by Crippen LogP contribution is 2.23. The van der Waals surface area contributed by atoms with Gasteiger partial charge in [-0.15, -0.1) is 11.3 Å². The number of hydrogen-bond donors (Lipinski definition) is 1. The van der Waals surface area contributed by atoms with Crippen LogP contribution in [0.3, 0.4) is 0 Å². The Balaban J connectivity index is 1.56. The van der Waals surface area contributed by atoms with Crippen molar-refractivity contribution in [3.8, 4) is 10.6 Å². The van der Waals surface area contributed by atoms with Crippen LogP contribution >= 0.6 is 11.3 Å². The van der Waals surface area contributed by atoms with E-state index in [1.807, 2.05) is 43.5 Å². The van der Waals surface area contributed by atoms with E-state index in [1.165, 1.54) is 0 Å². The van der Waals surface area contributed by atoms with Crippen LogP contribution in [0.2, 0.25) is 0 Å². The Morgan fingerprint density at radius 2 is 2.04 bits per heavy atom. The number of amides is 1. The van der Waals surface area contributed by atoms with Gasteiger partial charge in [0.05, 0.1) is 13.2 Å². The molecule has 1 unspecified atom stereocenters. The Kier molecular flexibility index (Phi) is 5.60. The Morgan fingerprint density at radius 3 is 2.67 bits per heavy atom. The van der Waals surface area contributed by atoms with Gasteiger partial charge in [-0.05, 0) is 26.0 Å². The first-order valence-corrected chi connectivity index (χ1v) is 9.13. The van der Waals surface area contributed by atoms with Gasteiger partial charge in [0.1, 0.15) is 5.01 Å². The van der Waals surface area contributed by atoms with Gasteiger partial charge in [-0.1, -0.05) is 12.1 Å². The summed E-state index contributed by atoms with van der Waals surface area (Å²) in [6.45, 7) is 8.30. The molecule has 0 radical (unpaired) electrons. The molecular formula is C18H23N3O2S. The van der Waals surface area contributed by atoms with Crippen LogP contribution in [0.4, 0.5) is 0 Å². The minimum atomic E-state index is -0.0300. The summed E-state index contributed by atoms with van der Waals surface area (Å²) >= 11 is 1.62. The van der Waals surface area contributed by atoms with Gasteiger partial charge in [0.25, 0.3) is 5.91 Å². The molecule has 1 N–H and O–H groups in total. The van der Waals surface area contributed by atoms with Crippen molar-refractivity contribution in [1.82, 2.24) is 15.2 Å². The van der Waals surface area contributed by atoms with Crippen molar-refractivity contribution in [2.24, 2.45) is 0 Å². The number of carbonyl (C=O) groups excluding carboxylic acids is 1. The highest BCUT2D eigenvalue weighted by Gasteiger charge is 2.16. The molecule has 1 aliphatic heterocycles. The van der Waals surface area contributed by atoms with Gasteiger partial charge in [-0.25, -0.2) is 4.98 Å². The minimum Gasteiger partial charge on any atom is -0.379 e. The van der Waals surface area contributed by atoms with E-state index >= 15 is 0 Å². The number of aromatic nitrogens is 1. The second kappa shape index (κ2) is 7.88. The average molecular weight is 345 g/mol. The number of morpholine rings is 1. The number of hydrogen-bond acceptors (Lipinski definition) is 5. The molecule has 24 heavy (non-hydrogen) atoms. The number of nitrogens with one attached hydrogen (secondary N) is 1. The summed E-state index contributed by atoms with van der Waals surface area (Å²) < 4.78 is 5.35. The van der Waals surface area contributed by atoms with E-state index in [0.29, 0.717) is 5.56 Å². The van der Waals surface area contributed by atoms with E-state index in [2.05, 4.69) is 15.2 Å². The van der Waals surface area contributed by atoms with Crippen LogP contribution in [-0.4, -0.2) is 54.7 Å². The topological polar surface area (TPSA) is 54.5 Å². The van der Waals surface area contributed by atoms with Gasteiger partial charge in [-0.3, -0.25) is 9.69 Å². The fourth-order valence-corrected chi connectivity index (χ4v) is 3.58. The van der Waals surface area contributed by atoms with Gasteiger partial charge < -0.3 is 10.1 Å². The van der Waals surface area contributed by atoms with Crippen molar-refractivity contribution >= 4 is 17.2 Å². The molecule has 1 atom stereocenters. The van der Waals surface area contributed by atoms with Crippen LogP contribution in [0.5, 0.6) is 0 Å². The lowest BCUT2D eigenvalue weighted by Crippen LogP contribution is -2.46. The molecular weight excluding hydrogens is 322 g/mol. The number of nitrogens with zero attached hydrogens (tertiary/aromatic N) is 2. The number of carbonyl (C=O) groups is 1. The van der Waals surface area contributed by atoms with Crippen LogP contribution in [0.25, 0.3) is 10.6 Å². The highest BCUT2D eigenvalue weighted by atomic mass is 32.1. The molecule has 2 aromatic rings. The third-order valence-electron chi connectivity index (χ3n) is 4.03. The summed E-state index contributed by atoms with van der Waals surface area (Å²) in [5.41, 5.74) is 2.75. The first-order valence-electron chi connectivity index (χ1n) is 8.25. The van der Waals surface area contributed by atoms with Crippen molar-refractivity contribution in [3.05, 3.63) is 40.9 Å². The van der Waals surface area contributed by atoms with Crippen molar-refractivity contribution in [3.63, 3.8) is 0 Å². The lowest BCUT2D eigenvalue weighted by molar-refractivity contribution is 0.0342. The maximum absolute atomic E-state index is 12.4. The molecule has 1 fully saturated rings. The second-order valence-corrected chi connectivity index (χ2v) is 7.02. The van der Waals surface area contributed by atoms with Crippen molar-refractivity contribution in [1.29, 1.82) is 0 Å². The lowest BCUT2D eigenvalue weighted by atomic mass is 10.1. The zero-order valence-corrected chi connectivity index (χ0v) is 14.9. The zero-order chi connectivity index (χ0) is 16.9. The molecule has 0 saturated carbocycles. The predicted molar refractivity (Wildman–Crippen MR) is 96.5 cm³/mol. The molecule has 1 amide bonds. The van der Waals surface area contributed by atoms with Gasteiger partial charge in [0.2, 0.25) is 0 Å². The number of rotatable bonds is 5. The number of ether oxygens (including phenoxy) is 1. The third-order valence-corrected chi connectivity index (χ3v) is 5.04. The average Bonchev–Trinajstić information content (AvgIpc) is 3.02. The molecule has 5 nitrogen and oxygen atoms in total. The molecule has 6 heteroatoms. The molecule has 0 bridgehead atoms. The fourth-order valence-electron chi connectivity index (χ4n) is 2.77. The van der Waals surface area contributed by atoms with Crippen molar-refractivity contribution in [2.75, 3.05) is 32.8 Å². The van der Waals surface area contributed by atoms with Crippen molar-refractivity contribution < 1.29 is 9.53 Å². The van der Waals surface area contributed by atoms with Gasteiger partial charge in [-0.2, -0.15) is 0 Å². The van der Waals surface area contributed by atoms with Crippen LogP contribution < -0.4 is 5.32 Å². The molecule has 0 spiro atoms. The Labute approximate surface area is 146 Å². The van der Waals surface area contributed by atoms with Crippen LogP contribution in [0.15, 0.2) is 29.6 Å². The first-order chi connectivity index (χ1) is 11.6. The maximum Gasteiger partial charge on any atom is 0.251 e. The molecule has 0 aliphatic carbocycles. The standard InChI is InChI=1S/C18H23N3O2S/c1-13(11-21-7-9-23-10-8-21)19-17(22)15-3-5-16(6-4-15)18-20-14(2)12-24-18/h3-6,12-13H,7-11H2,1-2H3,(H,19,22). The van der Waals surface area contributed by atoms with E-state index in [-0.39, 0.29) is 11.9 Å². The lowest BCUT2D eigenvalue weighted by Gasteiger charge is -2.29. The van der Waals surface area contributed by atoms with E-state index in [9.17, 15) is 4.79 Å². The van der Waals surface area contributed by atoms with E-state index in [1.54, 1.807) is 11.3 Å². The molecule has 2 heterocycles. The van der Waals surface area contributed by atoms with E-state index in [4.69, 9.17) is 4.74 Å². The van der Waals surface area contributed by atoms with Crippen LogP contribution in [0, 0.1) is 6.92 Å². The van der Waals surface area contributed by atoms with Crippen molar-refractivity contribution in [2.45, 2.75) is 19.9 Å². The summed E-state index contributed by atoms with van der Waals surface area (Å²) in [5.74, 6) is -0.0300. The molecule has 3 rings (SSSR count). The highest BCUT2D eigenvalue weighted by molar-refractivity contribution is 7.13. The Morgan fingerprint density at radius 1 is 1.33 bits per heavy atom. The fraction of sp³-hybridized carbons (Fsp3) is 0.444. The van der Waals surface area contributed by atoms with E-state index in [0.717, 1.165) is 49.1 Å².